The number of nitrogens with one attached hydrogen (secondary N) is 1. The van der Waals surface area contributed by atoms with Crippen LogP contribution in [-0.4, -0.2) is 27.3 Å². The SMILES string of the molecule is Cn1c(-c2ccccc2)cnc1SCC(=O)NC(C1CC1)C1CC1. The number of imidazole rings is 1. The number of amides is 1. The smallest absolute Gasteiger partial charge is 0.230 e. The zero-order chi connectivity index (χ0) is 16.5. The molecule has 2 aliphatic rings. The second kappa shape index (κ2) is 6.63. The Bertz CT molecular complexity index is 707. The molecule has 0 aliphatic heterocycles. The molecule has 1 heterocycles. The molecule has 4 nitrogen and oxygen atoms in total. The van der Waals surface area contributed by atoms with E-state index in [1.165, 1.54) is 37.4 Å². The summed E-state index contributed by atoms with van der Waals surface area (Å²) < 4.78 is 2.06. The fraction of sp³-hybridized carbons (Fsp3) is 0.474. The Morgan fingerprint density at radius 2 is 1.92 bits per heavy atom. The van der Waals surface area contributed by atoms with Crippen molar-refractivity contribution in [3.8, 4) is 11.3 Å². The highest BCUT2D eigenvalue weighted by atomic mass is 32.2. The third kappa shape index (κ3) is 3.51. The summed E-state index contributed by atoms with van der Waals surface area (Å²) in [7, 11) is 2.01. The second-order valence-corrected chi connectivity index (χ2v) is 7.85. The van der Waals surface area contributed by atoms with Crippen molar-refractivity contribution in [3.05, 3.63) is 36.5 Å². The molecule has 4 rings (SSSR count). The van der Waals surface area contributed by atoms with Crippen LogP contribution in [0.5, 0.6) is 0 Å². The van der Waals surface area contributed by atoms with Crippen LogP contribution in [0.4, 0.5) is 0 Å². The largest absolute Gasteiger partial charge is 0.352 e. The van der Waals surface area contributed by atoms with E-state index < -0.39 is 0 Å². The molecule has 126 valence electrons. The molecule has 2 aliphatic carbocycles. The molecule has 24 heavy (non-hydrogen) atoms. The van der Waals surface area contributed by atoms with Crippen molar-refractivity contribution in [2.24, 2.45) is 18.9 Å². The molecule has 0 unspecified atom stereocenters. The minimum Gasteiger partial charge on any atom is -0.352 e. The fourth-order valence-corrected chi connectivity index (χ4v) is 4.06. The van der Waals surface area contributed by atoms with Gasteiger partial charge in [0.1, 0.15) is 0 Å². The first-order valence-corrected chi connectivity index (χ1v) is 9.70. The van der Waals surface area contributed by atoms with Crippen LogP contribution in [0, 0.1) is 11.8 Å². The third-order valence-corrected chi connectivity index (χ3v) is 5.98. The van der Waals surface area contributed by atoms with Crippen LogP contribution < -0.4 is 5.32 Å². The molecule has 0 radical (unpaired) electrons. The van der Waals surface area contributed by atoms with Crippen LogP contribution in [0.2, 0.25) is 0 Å². The van der Waals surface area contributed by atoms with Crippen molar-refractivity contribution in [3.63, 3.8) is 0 Å². The van der Waals surface area contributed by atoms with Crippen molar-refractivity contribution in [1.82, 2.24) is 14.9 Å². The van der Waals surface area contributed by atoms with Gasteiger partial charge in [0.15, 0.2) is 5.16 Å². The third-order valence-electron chi connectivity index (χ3n) is 4.93. The standard InChI is InChI=1S/C19H23N3OS/c1-22-16(13-5-3-2-4-6-13)11-20-19(22)24-12-17(23)21-18(14-7-8-14)15-9-10-15/h2-6,11,14-15,18H,7-10,12H2,1H3,(H,21,23). The topological polar surface area (TPSA) is 46.9 Å². The molecule has 2 saturated carbocycles. The summed E-state index contributed by atoms with van der Waals surface area (Å²) in [6, 6.07) is 10.6. The molecule has 1 N–H and O–H groups in total. The highest BCUT2D eigenvalue weighted by Crippen LogP contribution is 2.44. The van der Waals surface area contributed by atoms with E-state index in [0.717, 1.165) is 28.2 Å². The highest BCUT2D eigenvalue weighted by molar-refractivity contribution is 7.99. The summed E-state index contributed by atoms with van der Waals surface area (Å²) in [6.07, 6.45) is 7.03. The Balaban J connectivity index is 1.36. The average Bonchev–Trinajstić information content (AvgIpc) is 3.51. The van der Waals surface area contributed by atoms with Crippen LogP contribution in [0.15, 0.2) is 41.7 Å². The van der Waals surface area contributed by atoms with Gasteiger partial charge in [-0.2, -0.15) is 0 Å². The van der Waals surface area contributed by atoms with Crippen LogP contribution in [-0.2, 0) is 11.8 Å². The Morgan fingerprint density at radius 1 is 1.25 bits per heavy atom. The monoisotopic (exact) mass is 341 g/mol. The van der Waals surface area contributed by atoms with E-state index in [9.17, 15) is 4.79 Å². The number of carbonyl (C=O) groups excluding carboxylic acids is 1. The highest BCUT2D eigenvalue weighted by Gasteiger charge is 2.42. The molecule has 1 aromatic heterocycles. The molecular formula is C19H23N3OS. The van der Waals surface area contributed by atoms with Crippen molar-refractivity contribution in [1.29, 1.82) is 0 Å². The van der Waals surface area contributed by atoms with Gasteiger partial charge < -0.3 is 9.88 Å². The maximum absolute atomic E-state index is 12.3. The number of benzene rings is 1. The summed E-state index contributed by atoms with van der Waals surface area (Å²) in [5, 5.41) is 4.16. The normalized spacial score (nSPS) is 17.2. The van der Waals surface area contributed by atoms with E-state index in [2.05, 4.69) is 27.0 Å². The minimum atomic E-state index is 0.146. The van der Waals surface area contributed by atoms with Gasteiger partial charge >= 0.3 is 0 Å². The number of thioether (sulfide) groups is 1. The quantitative estimate of drug-likeness (QED) is 0.784. The van der Waals surface area contributed by atoms with Crippen LogP contribution >= 0.6 is 11.8 Å². The molecule has 2 fully saturated rings. The van der Waals surface area contributed by atoms with Crippen LogP contribution in [0.25, 0.3) is 11.3 Å². The van der Waals surface area contributed by atoms with E-state index in [1.807, 2.05) is 31.4 Å². The maximum atomic E-state index is 12.3. The molecular weight excluding hydrogens is 318 g/mol. The van der Waals surface area contributed by atoms with Crippen LogP contribution in [0.1, 0.15) is 25.7 Å². The maximum Gasteiger partial charge on any atom is 0.230 e. The number of nitrogens with zero attached hydrogens (tertiary/aromatic N) is 2. The number of hydrogen-bond acceptors (Lipinski definition) is 3. The van der Waals surface area contributed by atoms with Crippen molar-refractivity contribution in [2.75, 3.05) is 5.75 Å². The van der Waals surface area contributed by atoms with Gasteiger partial charge in [0, 0.05) is 13.1 Å². The van der Waals surface area contributed by atoms with Gasteiger partial charge in [-0.15, -0.1) is 0 Å². The summed E-state index contributed by atoms with van der Waals surface area (Å²) in [6.45, 7) is 0. The Kier molecular flexibility index (Phi) is 4.35. The first-order chi connectivity index (χ1) is 11.7. The number of rotatable bonds is 7. The van der Waals surface area contributed by atoms with E-state index in [0.29, 0.717) is 11.8 Å². The first kappa shape index (κ1) is 15.8. The minimum absolute atomic E-state index is 0.146. The molecule has 1 aromatic carbocycles. The van der Waals surface area contributed by atoms with Gasteiger partial charge in [0.2, 0.25) is 5.91 Å². The number of aromatic nitrogens is 2. The van der Waals surface area contributed by atoms with Gasteiger partial charge in [-0.3, -0.25) is 4.79 Å². The lowest BCUT2D eigenvalue weighted by molar-refractivity contribution is -0.119. The Hall–Kier alpha value is -1.75. The van der Waals surface area contributed by atoms with E-state index in [4.69, 9.17) is 0 Å². The van der Waals surface area contributed by atoms with Crippen LogP contribution in [0.3, 0.4) is 0 Å². The molecule has 2 aromatic rings. The summed E-state index contributed by atoms with van der Waals surface area (Å²) in [5.41, 5.74) is 2.22. The zero-order valence-corrected chi connectivity index (χ0v) is 14.8. The second-order valence-electron chi connectivity index (χ2n) is 6.91. The molecule has 1 amide bonds. The number of hydrogen-bond donors (Lipinski definition) is 1. The lowest BCUT2D eigenvalue weighted by Gasteiger charge is -2.17. The molecule has 0 saturated heterocycles. The van der Waals surface area contributed by atoms with Gasteiger partial charge in [-0.1, -0.05) is 42.1 Å². The van der Waals surface area contributed by atoms with E-state index in [1.54, 1.807) is 0 Å². The lowest BCUT2D eigenvalue weighted by atomic mass is 10.1. The molecule has 0 atom stereocenters. The molecule has 0 bridgehead atoms. The Morgan fingerprint density at radius 3 is 2.54 bits per heavy atom. The summed E-state index contributed by atoms with van der Waals surface area (Å²) in [4.78, 5) is 16.8. The van der Waals surface area contributed by atoms with Gasteiger partial charge in [0.05, 0.1) is 17.6 Å². The Labute approximate surface area is 147 Å². The summed E-state index contributed by atoms with van der Waals surface area (Å²) in [5.74, 6) is 2.07. The predicted molar refractivity (Wildman–Crippen MR) is 96.7 cm³/mol. The van der Waals surface area contributed by atoms with Gasteiger partial charge in [-0.05, 0) is 43.1 Å². The molecule has 0 spiro atoms. The summed E-state index contributed by atoms with van der Waals surface area (Å²) >= 11 is 1.52. The van der Waals surface area contributed by atoms with Crippen molar-refractivity contribution in [2.45, 2.75) is 36.9 Å². The van der Waals surface area contributed by atoms with E-state index >= 15 is 0 Å². The lowest BCUT2D eigenvalue weighted by Crippen LogP contribution is -2.39. The van der Waals surface area contributed by atoms with Gasteiger partial charge in [-0.25, -0.2) is 4.98 Å². The first-order valence-electron chi connectivity index (χ1n) is 8.71. The van der Waals surface area contributed by atoms with E-state index in [-0.39, 0.29) is 5.91 Å². The van der Waals surface area contributed by atoms with Gasteiger partial charge in [0.25, 0.3) is 0 Å². The zero-order valence-electron chi connectivity index (χ0n) is 13.9. The predicted octanol–water partition coefficient (Wildman–Crippen LogP) is 3.48. The molecule has 5 heteroatoms. The average molecular weight is 341 g/mol. The van der Waals surface area contributed by atoms with Crippen molar-refractivity contribution >= 4 is 17.7 Å². The fourth-order valence-electron chi connectivity index (χ4n) is 3.29. The number of carbonyl (C=O) groups is 1. The van der Waals surface area contributed by atoms with Crippen molar-refractivity contribution < 1.29 is 4.79 Å².